The minimum Gasteiger partial charge on any atom is -0.471 e. The number of aliphatic imine (C=N–C) groups is 1. The van der Waals surface area contributed by atoms with Gasteiger partial charge in [-0.3, -0.25) is 14.9 Å². The van der Waals surface area contributed by atoms with Crippen molar-refractivity contribution in [3.05, 3.63) is 41.2 Å². The molecule has 24 heavy (non-hydrogen) atoms. The largest absolute Gasteiger partial charge is 0.471 e. The summed E-state index contributed by atoms with van der Waals surface area (Å²) in [4.78, 5) is 11.8. The van der Waals surface area contributed by atoms with Gasteiger partial charge in [-0.25, -0.2) is 0 Å². The number of nitrogens with zero attached hydrogens (tertiary/aromatic N) is 3. The molecule has 1 atom stereocenters. The van der Waals surface area contributed by atoms with E-state index in [0.717, 1.165) is 40.5 Å². The maximum Gasteiger partial charge on any atom is 0.190 e. The SMILES string of the molecule is Clc1cccc2cnc(CC3=NC[C@@]4(CN5CCC4CC5)O3)cc12. The maximum atomic E-state index is 6.41. The summed E-state index contributed by atoms with van der Waals surface area (Å²) in [5, 5.41) is 2.87. The van der Waals surface area contributed by atoms with Gasteiger partial charge in [0, 0.05) is 34.5 Å². The Balaban J connectivity index is 1.37. The van der Waals surface area contributed by atoms with Gasteiger partial charge >= 0.3 is 0 Å². The Hall–Kier alpha value is -1.65. The van der Waals surface area contributed by atoms with Gasteiger partial charge in [-0.2, -0.15) is 0 Å². The smallest absolute Gasteiger partial charge is 0.190 e. The fourth-order valence-electron chi connectivity index (χ4n) is 4.46. The van der Waals surface area contributed by atoms with E-state index in [0.29, 0.717) is 12.3 Å². The summed E-state index contributed by atoms with van der Waals surface area (Å²) in [5.41, 5.74) is 0.896. The van der Waals surface area contributed by atoms with E-state index >= 15 is 0 Å². The van der Waals surface area contributed by atoms with Crippen LogP contribution in [-0.2, 0) is 11.2 Å². The average Bonchev–Trinajstić information content (AvgIpc) is 2.99. The van der Waals surface area contributed by atoms with Crippen LogP contribution in [0.5, 0.6) is 0 Å². The minimum atomic E-state index is -0.0691. The molecule has 1 spiro atoms. The highest BCUT2D eigenvalue weighted by atomic mass is 35.5. The molecule has 3 saturated heterocycles. The molecule has 6 rings (SSSR count). The molecule has 0 radical (unpaired) electrons. The topological polar surface area (TPSA) is 37.7 Å². The third kappa shape index (κ3) is 2.32. The summed E-state index contributed by atoms with van der Waals surface area (Å²) in [7, 11) is 0. The normalized spacial score (nSPS) is 31.5. The zero-order valence-corrected chi connectivity index (χ0v) is 14.3. The van der Waals surface area contributed by atoms with Crippen molar-refractivity contribution in [1.82, 2.24) is 9.88 Å². The van der Waals surface area contributed by atoms with Crippen LogP contribution < -0.4 is 0 Å². The number of hydrogen-bond donors (Lipinski definition) is 0. The number of piperidine rings is 3. The Morgan fingerprint density at radius 1 is 1.29 bits per heavy atom. The lowest BCUT2D eigenvalue weighted by atomic mass is 9.75. The number of aromatic nitrogens is 1. The van der Waals surface area contributed by atoms with Crippen molar-refractivity contribution in [2.24, 2.45) is 10.9 Å². The van der Waals surface area contributed by atoms with Crippen LogP contribution in [0.1, 0.15) is 18.5 Å². The Kier molecular flexibility index (Phi) is 3.32. The minimum absolute atomic E-state index is 0.0691. The van der Waals surface area contributed by atoms with E-state index < -0.39 is 0 Å². The second kappa shape index (κ2) is 5.43. The van der Waals surface area contributed by atoms with Crippen molar-refractivity contribution in [2.75, 3.05) is 26.2 Å². The van der Waals surface area contributed by atoms with Crippen LogP contribution in [0.25, 0.3) is 10.8 Å². The lowest BCUT2D eigenvalue weighted by Gasteiger charge is -2.50. The Morgan fingerprint density at radius 2 is 2.17 bits per heavy atom. The predicted molar refractivity (Wildman–Crippen MR) is 95.7 cm³/mol. The third-order valence-electron chi connectivity index (χ3n) is 5.77. The molecule has 124 valence electrons. The molecule has 2 bridgehead atoms. The van der Waals surface area contributed by atoms with E-state index in [4.69, 9.17) is 21.3 Å². The molecule has 5 heteroatoms. The van der Waals surface area contributed by atoms with Crippen LogP contribution in [0.3, 0.4) is 0 Å². The Bertz CT molecular complexity index is 828. The van der Waals surface area contributed by atoms with Crippen molar-refractivity contribution < 1.29 is 4.74 Å². The van der Waals surface area contributed by atoms with Gasteiger partial charge in [-0.05, 0) is 38.1 Å². The van der Waals surface area contributed by atoms with Crippen molar-refractivity contribution >= 4 is 28.3 Å². The first-order chi connectivity index (χ1) is 11.7. The van der Waals surface area contributed by atoms with E-state index in [-0.39, 0.29) is 5.60 Å². The number of pyridine rings is 1. The molecule has 1 aromatic carbocycles. The van der Waals surface area contributed by atoms with Crippen LogP contribution in [0.15, 0.2) is 35.5 Å². The van der Waals surface area contributed by atoms with Crippen molar-refractivity contribution in [3.63, 3.8) is 0 Å². The monoisotopic (exact) mass is 341 g/mol. The second-order valence-electron chi connectivity index (χ2n) is 7.24. The lowest BCUT2D eigenvalue weighted by molar-refractivity contribution is -0.0837. The summed E-state index contributed by atoms with van der Waals surface area (Å²) in [6, 6.07) is 7.96. The maximum absolute atomic E-state index is 6.41. The van der Waals surface area contributed by atoms with Gasteiger partial charge in [0.2, 0.25) is 0 Å². The first kappa shape index (κ1) is 14.7. The fourth-order valence-corrected chi connectivity index (χ4v) is 4.70. The molecule has 4 aliphatic rings. The molecule has 3 fully saturated rings. The number of fused-ring (bicyclic) bond motifs is 3. The van der Waals surface area contributed by atoms with Gasteiger partial charge < -0.3 is 4.74 Å². The summed E-state index contributed by atoms with van der Waals surface area (Å²) in [5.74, 6) is 1.49. The molecule has 0 N–H and O–H groups in total. The molecule has 0 amide bonds. The average molecular weight is 342 g/mol. The van der Waals surface area contributed by atoms with Gasteiger partial charge in [0.15, 0.2) is 5.90 Å². The van der Waals surface area contributed by atoms with E-state index in [1.54, 1.807) is 0 Å². The van der Waals surface area contributed by atoms with Gasteiger partial charge in [-0.15, -0.1) is 0 Å². The highest BCUT2D eigenvalue weighted by molar-refractivity contribution is 6.35. The quantitative estimate of drug-likeness (QED) is 0.841. The first-order valence-electron chi connectivity index (χ1n) is 8.70. The number of hydrogen-bond acceptors (Lipinski definition) is 4. The zero-order chi connectivity index (χ0) is 16.1. The van der Waals surface area contributed by atoms with Crippen LogP contribution in [-0.4, -0.2) is 47.6 Å². The molecule has 1 aromatic heterocycles. The highest BCUT2D eigenvalue weighted by Crippen LogP contribution is 2.41. The summed E-state index contributed by atoms with van der Waals surface area (Å²) >= 11 is 6.31. The molecule has 4 aliphatic heterocycles. The Labute approximate surface area is 146 Å². The molecule has 5 heterocycles. The van der Waals surface area contributed by atoms with E-state index in [2.05, 4.69) is 16.0 Å². The van der Waals surface area contributed by atoms with Crippen LogP contribution in [0, 0.1) is 5.92 Å². The first-order valence-corrected chi connectivity index (χ1v) is 9.07. The van der Waals surface area contributed by atoms with Crippen LogP contribution in [0.4, 0.5) is 0 Å². The van der Waals surface area contributed by atoms with Gasteiger partial charge in [0.05, 0.1) is 18.7 Å². The molecular formula is C19H20ClN3O. The summed E-state index contributed by atoms with van der Waals surface area (Å²) < 4.78 is 6.41. The number of rotatable bonds is 2. The fraction of sp³-hybridized carbons (Fsp3) is 0.474. The standard InChI is InChI=1S/C19H20ClN3O/c20-17-3-1-2-13-10-21-15(8-16(13)17)9-18-22-11-19(24-18)12-23-6-4-14(19)5-7-23/h1-3,8,10,14H,4-7,9,11-12H2/t19-/m0/s1. The molecule has 0 aliphatic carbocycles. The second-order valence-corrected chi connectivity index (χ2v) is 7.65. The van der Waals surface area contributed by atoms with E-state index in [1.807, 2.05) is 24.4 Å². The molecular weight excluding hydrogens is 322 g/mol. The molecule has 0 unspecified atom stereocenters. The van der Waals surface area contributed by atoms with Crippen LogP contribution in [0.2, 0.25) is 5.02 Å². The number of ether oxygens (including phenoxy) is 1. The number of benzene rings is 1. The zero-order valence-electron chi connectivity index (χ0n) is 13.5. The van der Waals surface area contributed by atoms with Crippen LogP contribution >= 0.6 is 11.6 Å². The van der Waals surface area contributed by atoms with Crippen molar-refractivity contribution in [1.29, 1.82) is 0 Å². The molecule has 0 saturated carbocycles. The lowest BCUT2D eigenvalue weighted by Crippen LogP contribution is -2.60. The van der Waals surface area contributed by atoms with Gasteiger partial charge in [-0.1, -0.05) is 23.7 Å². The summed E-state index contributed by atoms with van der Waals surface area (Å²) in [6.07, 6.45) is 5.02. The third-order valence-corrected chi connectivity index (χ3v) is 6.10. The Morgan fingerprint density at radius 3 is 2.96 bits per heavy atom. The van der Waals surface area contributed by atoms with Gasteiger partial charge in [0.25, 0.3) is 0 Å². The van der Waals surface area contributed by atoms with Gasteiger partial charge in [0.1, 0.15) is 5.60 Å². The summed E-state index contributed by atoms with van der Waals surface area (Å²) in [6.45, 7) is 4.27. The highest BCUT2D eigenvalue weighted by Gasteiger charge is 2.51. The predicted octanol–water partition coefficient (Wildman–Crippen LogP) is 3.32. The van der Waals surface area contributed by atoms with Crippen molar-refractivity contribution in [2.45, 2.75) is 24.9 Å². The molecule has 4 nitrogen and oxygen atoms in total. The van der Waals surface area contributed by atoms with E-state index in [9.17, 15) is 0 Å². The van der Waals surface area contributed by atoms with E-state index in [1.165, 1.54) is 25.9 Å². The molecule has 2 aromatic rings. The number of halogens is 1. The van der Waals surface area contributed by atoms with Crippen molar-refractivity contribution in [3.8, 4) is 0 Å².